The minimum Gasteiger partial charge on any atom is -0.330 e. The summed E-state index contributed by atoms with van der Waals surface area (Å²) in [7, 11) is 2.10. The van der Waals surface area contributed by atoms with Crippen molar-refractivity contribution >= 4 is 5.78 Å². The van der Waals surface area contributed by atoms with E-state index < -0.39 is 0 Å². The molecular formula is C16H20N2O. The third-order valence-corrected chi connectivity index (χ3v) is 3.60. The molecule has 0 aromatic heterocycles. The van der Waals surface area contributed by atoms with Gasteiger partial charge in [-0.15, -0.1) is 0 Å². The van der Waals surface area contributed by atoms with Gasteiger partial charge in [-0.25, -0.2) is 0 Å². The van der Waals surface area contributed by atoms with Crippen molar-refractivity contribution < 1.29 is 4.79 Å². The fourth-order valence-electron chi connectivity index (χ4n) is 2.00. The normalized spacial score (nSPS) is 15.8. The van der Waals surface area contributed by atoms with Crippen molar-refractivity contribution in [1.29, 1.82) is 0 Å². The molecule has 0 atom stereocenters. The van der Waals surface area contributed by atoms with Gasteiger partial charge in [0.15, 0.2) is 0 Å². The first kappa shape index (κ1) is 13.6. The second kappa shape index (κ2) is 5.90. The highest BCUT2D eigenvalue weighted by Gasteiger charge is 2.10. The van der Waals surface area contributed by atoms with E-state index >= 15 is 0 Å². The fourth-order valence-corrected chi connectivity index (χ4v) is 2.00. The lowest BCUT2D eigenvalue weighted by Crippen LogP contribution is -2.42. The quantitative estimate of drug-likeness (QED) is 0.564. The van der Waals surface area contributed by atoms with Crippen LogP contribution in [0.1, 0.15) is 21.5 Å². The van der Waals surface area contributed by atoms with Gasteiger partial charge in [-0.05, 0) is 44.0 Å². The number of nitrogens with zero attached hydrogens (tertiary/aromatic N) is 2. The van der Waals surface area contributed by atoms with Crippen molar-refractivity contribution in [2.24, 2.45) is 0 Å². The number of ketones is 1. The molecule has 3 heteroatoms. The van der Waals surface area contributed by atoms with Crippen LogP contribution in [0.25, 0.3) is 0 Å². The zero-order valence-electron chi connectivity index (χ0n) is 11.9. The number of hydrogen-bond donors (Lipinski definition) is 0. The third kappa shape index (κ3) is 3.59. The van der Waals surface area contributed by atoms with Gasteiger partial charge in [0.2, 0.25) is 5.78 Å². The van der Waals surface area contributed by atoms with Gasteiger partial charge in [-0.2, -0.15) is 0 Å². The zero-order valence-corrected chi connectivity index (χ0v) is 11.9. The maximum Gasteiger partial charge on any atom is 0.237 e. The highest BCUT2D eigenvalue weighted by Crippen LogP contribution is 2.10. The second-order valence-corrected chi connectivity index (χ2v) is 5.16. The molecule has 0 spiro atoms. The van der Waals surface area contributed by atoms with Gasteiger partial charge in [-0.3, -0.25) is 4.79 Å². The van der Waals surface area contributed by atoms with Crippen molar-refractivity contribution in [3.63, 3.8) is 0 Å². The Morgan fingerprint density at radius 2 is 1.79 bits per heavy atom. The van der Waals surface area contributed by atoms with E-state index in [0.717, 1.165) is 31.7 Å². The van der Waals surface area contributed by atoms with Crippen LogP contribution in [-0.2, 0) is 0 Å². The van der Waals surface area contributed by atoms with Gasteiger partial charge in [0.1, 0.15) is 0 Å². The van der Waals surface area contributed by atoms with Gasteiger partial charge in [0, 0.05) is 37.8 Å². The van der Waals surface area contributed by atoms with Gasteiger partial charge >= 0.3 is 0 Å². The van der Waals surface area contributed by atoms with Crippen LogP contribution in [0.3, 0.4) is 0 Å². The number of carbonyl (C=O) groups excluding carboxylic acids is 1. The summed E-state index contributed by atoms with van der Waals surface area (Å²) in [5.41, 5.74) is 3.01. The van der Waals surface area contributed by atoms with Gasteiger partial charge < -0.3 is 9.80 Å². The molecule has 0 amide bonds. The first-order valence-electron chi connectivity index (χ1n) is 6.63. The Morgan fingerprint density at radius 1 is 1.11 bits per heavy atom. The summed E-state index contributed by atoms with van der Waals surface area (Å²) in [5, 5.41) is 0. The van der Waals surface area contributed by atoms with Crippen LogP contribution >= 0.6 is 0 Å². The summed E-state index contributed by atoms with van der Waals surface area (Å²) in [4.78, 5) is 16.3. The van der Waals surface area contributed by atoms with E-state index in [1.165, 1.54) is 5.56 Å². The number of Topliss-reactive ketones (excluding diaryl/α,β-unsaturated/α-hetero) is 1. The van der Waals surface area contributed by atoms with E-state index in [1.54, 1.807) is 0 Å². The van der Waals surface area contributed by atoms with E-state index in [4.69, 9.17) is 0 Å². The first-order chi connectivity index (χ1) is 9.06. The lowest BCUT2D eigenvalue weighted by atomic mass is 10.0. The molecule has 1 aromatic rings. The number of aryl methyl sites for hydroxylation is 2. The molecular weight excluding hydrogens is 236 g/mol. The SMILES string of the molecule is Cc1ccc(C(=O)C#CN2CCN(C)CC2)cc1C. The lowest BCUT2D eigenvalue weighted by Gasteiger charge is -2.29. The Labute approximate surface area is 115 Å². The Hall–Kier alpha value is -1.79. The number of piperazine rings is 1. The maximum absolute atomic E-state index is 12.0. The molecule has 1 aromatic carbocycles. The van der Waals surface area contributed by atoms with Crippen LogP contribution in [0.5, 0.6) is 0 Å². The minimum absolute atomic E-state index is 0.0953. The van der Waals surface area contributed by atoms with Crippen molar-refractivity contribution in [3.8, 4) is 12.0 Å². The van der Waals surface area contributed by atoms with E-state index in [1.807, 2.05) is 36.9 Å². The Morgan fingerprint density at radius 3 is 2.42 bits per heavy atom. The van der Waals surface area contributed by atoms with E-state index in [2.05, 4.69) is 23.9 Å². The standard InChI is InChI=1S/C16H20N2O/c1-13-4-5-15(12-14(13)2)16(19)6-7-18-10-8-17(3)9-11-18/h4-5,12H,8-11H2,1-3H3. The second-order valence-electron chi connectivity index (χ2n) is 5.16. The predicted molar refractivity (Wildman–Crippen MR) is 77.1 cm³/mol. The first-order valence-corrected chi connectivity index (χ1v) is 6.63. The summed E-state index contributed by atoms with van der Waals surface area (Å²) in [5.74, 6) is 2.65. The minimum atomic E-state index is -0.0953. The molecule has 19 heavy (non-hydrogen) atoms. The highest BCUT2D eigenvalue weighted by molar-refractivity contribution is 6.09. The van der Waals surface area contributed by atoms with E-state index in [-0.39, 0.29) is 5.78 Å². The number of likely N-dealkylation sites (N-methyl/N-ethyl adjacent to an activating group) is 1. The van der Waals surface area contributed by atoms with Crippen LogP contribution < -0.4 is 0 Å². The van der Waals surface area contributed by atoms with Gasteiger partial charge in [0.05, 0.1) is 0 Å². The maximum atomic E-state index is 12.0. The molecule has 2 rings (SSSR count). The molecule has 1 aliphatic heterocycles. The zero-order chi connectivity index (χ0) is 13.8. The average molecular weight is 256 g/mol. The molecule has 1 aliphatic rings. The summed E-state index contributed by atoms with van der Waals surface area (Å²) in [6.07, 6.45) is 0. The largest absolute Gasteiger partial charge is 0.330 e. The molecule has 1 saturated heterocycles. The molecule has 1 heterocycles. The molecule has 0 saturated carbocycles. The Bertz CT molecular complexity index is 531. The highest BCUT2D eigenvalue weighted by atomic mass is 16.1. The molecule has 0 unspecified atom stereocenters. The fraction of sp³-hybridized carbons (Fsp3) is 0.438. The van der Waals surface area contributed by atoms with E-state index in [9.17, 15) is 4.79 Å². The Balaban J connectivity index is 2.03. The topological polar surface area (TPSA) is 23.6 Å². The molecule has 0 N–H and O–H groups in total. The van der Waals surface area contributed by atoms with Gasteiger partial charge in [0.25, 0.3) is 0 Å². The number of hydrogen-bond acceptors (Lipinski definition) is 3. The summed E-state index contributed by atoms with van der Waals surface area (Å²) in [6, 6.07) is 8.72. The number of benzene rings is 1. The van der Waals surface area contributed by atoms with Crippen molar-refractivity contribution in [2.45, 2.75) is 13.8 Å². The van der Waals surface area contributed by atoms with E-state index in [0.29, 0.717) is 5.56 Å². The number of carbonyl (C=O) groups is 1. The molecule has 1 fully saturated rings. The van der Waals surface area contributed by atoms with Gasteiger partial charge in [-0.1, -0.05) is 12.1 Å². The van der Waals surface area contributed by atoms with Crippen molar-refractivity contribution in [3.05, 3.63) is 34.9 Å². The molecule has 0 aliphatic carbocycles. The third-order valence-electron chi connectivity index (χ3n) is 3.60. The molecule has 0 radical (unpaired) electrons. The van der Waals surface area contributed by atoms with Crippen molar-refractivity contribution in [2.75, 3.05) is 33.2 Å². The smallest absolute Gasteiger partial charge is 0.237 e. The van der Waals surface area contributed by atoms with Crippen LogP contribution in [0, 0.1) is 25.8 Å². The van der Waals surface area contributed by atoms with Crippen LogP contribution in [0.15, 0.2) is 18.2 Å². The summed E-state index contributed by atoms with van der Waals surface area (Å²) >= 11 is 0. The summed E-state index contributed by atoms with van der Waals surface area (Å²) < 4.78 is 0. The van der Waals surface area contributed by atoms with Crippen LogP contribution in [-0.4, -0.2) is 48.8 Å². The molecule has 100 valence electrons. The van der Waals surface area contributed by atoms with Crippen LogP contribution in [0.2, 0.25) is 0 Å². The number of rotatable bonds is 1. The van der Waals surface area contributed by atoms with Crippen molar-refractivity contribution in [1.82, 2.24) is 9.80 Å². The Kier molecular flexibility index (Phi) is 4.24. The predicted octanol–water partition coefficient (Wildman–Crippen LogP) is 1.69. The monoisotopic (exact) mass is 256 g/mol. The summed E-state index contributed by atoms with van der Waals surface area (Å²) in [6.45, 7) is 7.88. The average Bonchev–Trinajstić information content (AvgIpc) is 2.41. The van der Waals surface area contributed by atoms with Crippen LogP contribution in [0.4, 0.5) is 0 Å². The molecule has 0 bridgehead atoms. The molecule has 3 nitrogen and oxygen atoms in total. The lowest BCUT2D eigenvalue weighted by molar-refractivity contribution is 0.105.